The molecule has 1 atom stereocenters. The number of hydrogen-bond acceptors (Lipinski definition) is 2. The van der Waals surface area contributed by atoms with Gasteiger partial charge in [-0.15, -0.1) is 0 Å². The maximum Gasteiger partial charge on any atom is 0.0731 e. The Morgan fingerprint density at radius 1 is 1.39 bits per heavy atom. The van der Waals surface area contributed by atoms with Gasteiger partial charge in [0.2, 0.25) is 0 Å². The second-order valence-electron chi connectivity index (χ2n) is 4.12. The number of aromatic nitrogens is 2. The van der Waals surface area contributed by atoms with E-state index in [1.54, 1.807) is 6.07 Å². The van der Waals surface area contributed by atoms with Gasteiger partial charge in [-0.2, -0.15) is 5.10 Å². The van der Waals surface area contributed by atoms with Crippen molar-refractivity contribution in [1.82, 2.24) is 9.78 Å². The molecule has 1 unspecified atom stereocenters. The highest BCUT2D eigenvalue weighted by atomic mass is 35.5. The van der Waals surface area contributed by atoms with E-state index in [9.17, 15) is 0 Å². The van der Waals surface area contributed by atoms with Gasteiger partial charge in [-0.05, 0) is 31.5 Å². The average Bonchev–Trinajstić information content (AvgIpc) is 2.76. The van der Waals surface area contributed by atoms with Gasteiger partial charge in [0.25, 0.3) is 0 Å². The van der Waals surface area contributed by atoms with E-state index in [-0.39, 0.29) is 6.04 Å². The van der Waals surface area contributed by atoms with Crippen LogP contribution >= 0.6 is 23.2 Å². The van der Waals surface area contributed by atoms with Crippen LogP contribution in [0, 0.1) is 0 Å². The zero-order chi connectivity index (χ0) is 13.1. The van der Waals surface area contributed by atoms with Gasteiger partial charge in [0.1, 0.15) is 0 Å². The Hall–Kier alpha value is -1.19. The summed E-state index contributed by atoms with van der Waals surface area (Å²) in [5.41, 5.74) is 2.00. The first kappa shape index (κ1) is 13.2. The molecule has 1 heterocycles. The largest absolute Gasteiger partial charge is 0.376 e. The molecule has 0 aliphatic heterocycles. The van der Waals surface area contributed by atoms with Crippen molar-refractivity contribution in [2.45, 2.75) is 26.4 Å². The number of benzene rings is 1. The second kappa shape index (κ2) is 5.63. The molecule has 18 heavy (non-hydrogen) atoms. The van der Waals surface area contributed by atoms with E-state index in [0.717, 1.165) is 17.8 Å². The molecule has 1 aromatic heterocycles. The van der Waals surface area contributed by atoms with Gasteiger partial charge in [-0.25, -0.2) is 0 Å². The Kier molecular flexibility index (Phi) is 4.15. The summed E-state index contributed by atoms with van der Waals surface area (Å²) in [4.78, 5) is 0. The molecule has 0 amide bonds. The Labute approximate surface area is 117 Å². The summed E-state index contributed by atoms with van der Waals surface area (Å²) < 4.78 is 1.87. The smallest absolute Gasteiger partial charge is 0.0731 e. The number of hydrogen-bond donors (Lipinski definition) is 1. The molecule has 3 nitrogen and oxygen atoms in total. The minimum Gasteiger partial charge on any atom is -0.376 e. The van der Waals surface area contributed by atoms with Crippen molar-refractivity contribution in [2.24, 2.45) is 0 Å². The van der Waals surface area contributed by atoms with Gasteiger partial charge in [-0.1, -0.05) is 29.3 Å². The first-order valence-electron chi connectivity index (χ1n) is 5.84. The molecule has 5 heteroatoms. The van der Waals surface area contributed by atoms with Crippen LogP contribution in [0.3, 0.4) is 0 Å². The molecule has 1 aromatic carbocycles. The molecule has 0 radical (unpaired) electrons. The Morgan fingerprint density at radius 2 is 2.17 bits per heavy atom. The third kappa shape index (κ3) is 2.98. The molecule has 0 fully saturated rings. The third-order valence-corrected chi connectivity index (χ3v) is 3.33. The monoisotopic (exact) mass is 283 g/mol. The summed E-state index contributed by atoms with van der Waals surface area (Å²) >= 11 is 12.1. The molecular weight excluding hydrogens is 269 g/mol. The van der Waals surface area contributed by atoms with E-state index in [1.165, 1.54) is 0 Å². The second-order valence-corrected chi connectivity index (χ2v) is 4.96. The van der Waals surface area contributed by atoms with Gasteiger partial charge in [0, 0.05) is 22.8 Å². The summed E-state index contributed by atoms with van der Waals surface area (Å²) in [6.45, 7) is 4.96. The van der Waals surface area contributed by atoms with Crippen LogP contribution in [0.4, 0.5) is 5.69 Å². The molecule has 0 saturated carbocycles. The van der Waals surface area contributed by atoms with Crippen molar-refractivity contribution in [2.75, 3.05) is 5.32 Å². The summed E-state index contributed by atoms with van der Waals surface area (Å²) in [5, 5.41) is 8.90. The summed E-state index contributed by atoms with van der Waals surface area (Å²) in [6.07, 6.45) is 3.78. The maximum atomic E-state index is 6.18. The van der Waals surface area contributed by atoms with Crippen molar-refractivity contribution < 1.29 is 0 Å². The van der Waals surface area contributed by atoms with Crippen molar-refractivity contribution in [3.8, 4) is 0 Å². The topological polar surface area (TPSA) is 29.9 Å². The lowest BCUT2D eigenvalue weighted by molar-refractivity contribution is 0.660. The standard InChI is InChI=1S/C13H15Cl2N3/c1-3-18-8-11(7-16-18)17-9(2)12-5-4-10(14)6-13(12)15/h4-9,17H,3H2,1-2H3. The highest BCUT2D eigenvalue weighted by Crippen LogP contribution is 2.28. The first-order chi connectivity index (χ1) is 8.60. The van der Waals surface area contributed by atoms with Gasteiger partial charge in [0.05, 0.1) is 17.9 Å². The molecule has 2 rings (SSSR count). The number of halogens is 2. The molecule has 0 bridgehead atoms. The van der Waals surface area contributed by atoms with E-state index >= 15 is 0 Å². The normalized spacial score (nSPS) is 12.4. The summed E-state index contributed by atoms with van der Waals surface area (Å²) in [5.74, 6) is 0. The highest BCUT2D eigenvalue weighted by molar-refractivity contribution is 6.35. The quantitative estimate of drug-likeness (QED) is 0.902. The Balaban J connectivity index is 2.13. The van der Waals surface area contributed by atoms with E-state index < -0.39 is 0 Å². The van der Waals surface area contributed by atoms with Crippen LogP contribution in [-0.4, -0.2) is 9.78 Å². The number of nitrogens with one attached hydrogen (secondary N) is 1. The van der Waals surface area contributed by atoms with Crippen LogP contribution in [0.1, 0.15) is 25.5 Å². The first-order valence-corrected chi connectivity index (χ1v) is 6.59. The predicted molar refractivity (Wildman–Crippen MR) is 76.4 cm³/mol. The zero-order valence-corrected chi connectivity index (χ0v) is 11.8. The van der Waals surface area contributed by atoms with E-state index in [0.29, 0.717) is 10.0 Å². The minimum absolute atomic E-state index is 0.101. The molecule has 0 spiro atoms. The van der Waals surface area contributed by atoms with Gasteiger partial charge in [0.15, 0.2) is 0 Å². The van der Waals surface area contributed by atoms with Crippen LogP contribution < -0.4 is 5.32 Å². The highest BCUT2D eigenvalue weighted by Gasteiger charge is 2.10. The van der Waals surface area contributed by atoms with E-state index in [1.807, 2.05) is 29.2 Å². The van der Waals surface area contributed by atoms with Crippen LogP contribution in [0.25, 0.3) is 0 Å². The fourth-order valence-electron chi connectivity index (χ4n) is 1.79. The Bertz CT molecular complexity index is 537. The third-order valence-electron chi connectivity index (χ3n) is 2.77. The fourth-order valence-corrected chi connectivity index (χ4v) is 2.36. The van der Waals surface area contributed by atoms with Crippen molar-refractivity contribution >= 4 is 28.9 Å². The number of rotatable bonds is 4. The fraction of sp³-hybridized carbons (Fsp3) is 0.308. The van der Waals surface area contributed by atoms with E-state index in [2.05, 4.69) is 24.3 Å². The van der Waals surface area contributed by atoms with Gasteiger partial charge >= 0.3 is 0 Å². The molecule has 0 aliphatic rings. The molecule has 1 N–H and O–H groups in total. The van der Waals surface area contributed by atoms with Crippen molar-refractivity contribution in [1.29, 1.82) is 0 Å². The Morgan fingerprint density at radius 3 is 2.78 bits per heavy atom. The van der Waals surface area contributed by atoms with Crippen molar-refractivity contribution in [3.63, 3.8) is 0 Å². The average molecular weight is 284 g/mol. The molecule has 2 aromatic rings. The van der Waals surface area contributed by atoms with E-state index in [4.69, 9.17) is 23.2 Å². The van der Waals surface area contributed by atoms with Crippen LogP contribution in [0.15, 0.2) is 30.6 Å². The lowest BCUT2D eigenvalue weighted by Crippen LogP contribution is -2.06. The summed E-state index contributed by atoms with van der Waals surface area (Å²) in [6, 6.07) is 5.64. The minimum atomic E-state index is 0.101. The zero-order valence-electron chi connectivity index (χ0n) is 10.3. The van der Waals surface area contributed by atoms with Gasteiger partial charge < -0.3 is 5.32 Å². The number of aryl methyl sites for hydroxylation is 1. The van der Waals surface area contributed by atoms with Crippen molar-refractivity contribution in [3.05, 3.63) is 46.2 Å². The molecule has 0 saturated heterocycles. The summed E-state index contributed by atoms with van der Waals surface area (Å²) in [7, 11) is 0. The predicted octanol–water partition coefficient (Wildman–Crippen LogP) is 4.38. The maximum absolute atomic E-state index is 6.18. The SMILES string of the molecule is CCn1cc(NC(C)c2ccc(Cl)cc2Cl)cn1. The molecular formula is C13H15Cl2N3. The molecule has 96 valence electrons. The molecule has 0 aliphatic carbocycles. The number of anilines is 1. The van der Waals surface area contributed by atoms with Crippen LogP contribution in [0.5, 0.6) is 0 Å². The van der Waals surface area contributed by atoms with Crippen LogP contribution in [0.2, 0.25) is 10.0 Å². The lowest BCUT2D eigenvalue weighted by atomic mass is 10.1. The van der Waals surface area contributed by atoms with Gasteiger partial charge in [-0.3, -0.25) is 4.68 Å². The lowest BCUT2D eigenvalue weighted by Gasteiger charge is -2.15. The van der Waals surface area contributed by atoms with Crippen LogP contribution in [-0.2, 0) is 6.54 Å². The number of nitrogens with zero attached hydrogens (tertiary/aromatic N) is 2.